The molecule has 0 saturated carbocycles. The Morgan fingerprint density at radius 1 is 1.33 bits per heavy atom. The van der Waals surface area contributed by atoms with Gasteiger partial charge < -0.3 is 14.6 Å². The summed E-state index contributed by atoms with van der Waals surface area (Å²) in [4.78, 5) is 14.9. The van der Waals surface area contributed by atoms with Crippen molar-refractivity contribution in [2.45, 2.75) is 0 Å². The highest BCUT2D eigenvalue weighted by molar-refractivity contribution is 7.11. The zero-order chi connectivity index (χ0) is 13.1. The summed E-state index contributed by atoms with van der Waals surface area (Å²) in [6.07, 6.45) is 0. The van der Waals surface area contributed by atoms with Crippen molar-refractivity contribution in [1.82, 2.24) is 4.98 Å². The lowest BCUT2D eigenvalue weighted by Crippen LogP contribution is -1.95. The fraction of sp³-hybridized carbons (Fsp3) is 0.167. The van der Waals surface area contributed by atoms with Gasteiger partial charge in [0.2, 0.25) is 5.01 Å². The predicted octanol–water partition coefficient (Wildman–Crippen LogP) is 2.53. The average Bonchev–Trinajstić information content (AvgIpc) is 2.87. The maximum atomic E-state index is 10.8. The van der Waals surface area contributed by atoms with Crippen molar-refractivity contribution >= 4 is 17.3 Å². The smallest absolute Gasteiger partial charge is 0.365 e. The van der Waals surface area contributed by atoms with Crippen LogP contribution in [-0.2, 0) is 0 Å². The van der Waals surface area contributed by atoms with E-state index in [1.165, 1.54) is 0 Å². The normalized spacial score (nSPS) is 10.1. The van der Waals surface area contributed by atoms with E-state index in [2.05, 4.69) is 4.98 Å². The quantitative estimate of drug-likeness (QED) is 0.920. The van der Waals surface area contributed by atoms with Gasteiger partial charge in [0, 0.05) is 10.9 Å². The van der Waals surface area contributed by atoms with Crippen LogP contribution in [0.3, 0.4) is 0 Å². The van der Waals surface area contributed by atoms with Crippen LogP contribution in [0.1, 0.15) is 9.80 Å². The van der Waals surface area contributed by atoms with Crippen LogP contribution in [0.5, 0.6) is 11.5 Å². The number of thiazole rings is 1. The molecular weight excluding hydrogens is 254 g/mol. The minimum atomic E-state index is -1.03. The van der Waals surface area contributed by atoms with Gasteiger partial charge in [-0.2, -0.15) is 0 Å². The Balaban J connectivity index is 2.50. The second kappa shape index (κ2) is 5.05. The van der Waals surface area contributed by atoms with Crippen molar-refractivity contribution in [3.05, 3.63) is 28.6 Å². The second-order valence-corrected chi connectivity index (χ2v) is 4.27. The predicted molar refractivity (Wildman–Crippen MR) is 67.6 cm³/mol. The van der Waals surface area contributed by atoms with Crippen LogP contribution in [-0.4, -0.2) is 30.3 Å². The molecule has 0 radical (unpaired) electrons. The first-order valence-corrected chi connectivity index (χ1v) is 5.95. The van der Waals surface area contributed by atoms with Crippen LogP contribution in [0.2, 0.25) is 0 Å². The fourth-order valence-electron chi connectivity index (χ4n) is 1.51. The molecule has 1 heterocycles. The largest absolute Gasteiger partial charge is 0.497 e. The van der Waals surface area contributed by atoms with Crippen LogP contribution >= 0.6 is 11.3 Å². The maximum Gasteiger partial charge on any atom is 0.365 e. The van der Waals surface area contributed by atoms with Crippen LogP contribution < -0.4 is 9.47 Å². The Kier molecular flexibility index (Phi) is 3.47. The van der Waals surface area contributed by atoms with Gasteiger partial charge in [-0.05, 0) is 18.2 Å². The molecule has 0 amide bonds. The van der Waals surface area contributed by atoms with Gasteiger partial charge >= 0.3 is 5.97 Å². The summed E-state index contributed by atoms with van der Waals surface area (Å²) in [6.45, 7) is 0. The van der Waals surface area contributed by atoms with E-state index < -0.39 is 5.97 Å². The summed E-state index contributed by atoms with van der Waals surface area (Å²) in [5, 5.41) is 10.6. The number of carboxylic acid groups (broad SMARTS) is 1. The van der Waals surface area contributed by atoms with Crippen molar-refractivity contribution in [3.8, 4) is 22.8 Å². The maximum absolute atomic E-state index is 10.8. The van der Waals surface area contributed by atoms with E-state index in [-0.39, 0.29) is 5.01 Å². The zero-order valence-corrected chi connectivity index (χ0v) is 10.7. The molecule has 18 heavy (non-hydrogen) atoms. The average molecular weight is 265 g/mol. The number of aromatic nitrogens is 1. The molecule has 0 aliphatic rings. The summed E-state index contributed by atoms with van der Waals surface area (Å²) < 4.78 is 10.4. The molecule has 0 aliphatic heterocycles. The molecule has 94 valence electrons. The summed E-state index contributed by atoms with van der Waals surface area (Å²) in [5.74, 6) is 0.252. The third-order valence-corrected chi connectivity index (χ3v) is 3.20. The Hall–Kier alpha value is -2.08. The number of hydrogen-bond acceptors (Lipinski definition) is 5. The Morgan fingerprint density at radius 2 is 2.11 bits per heavy atom. The van der Waals surface area contributed by atoms with Gasteiger partial charge in [0.1, 0.15) is 11.5 Å². The molecule has 0 spiro atoms. The van der Waals surface area contributed by atoms with Crippen LogP contribution in [0, 0.1) is 0 Å². The molecule has 1 N–H and O–H groups in total. The Labute approximate surface area is 108 Å². The Bertz CT molecular complexity index is 579. The van der Waals surface area contributed by atoms with Crippen molar-refractivity contribution in [2.24, 2.45) is 0 Å². The van der Waals surface area contributed by atoms with E-state index in [9.17, 15) is 4.79 Å². The molecule has 2 aromatic rings. The minimum Gasteiger partial charge on any atom is -0.497 e. The molecular formula is C12H11NO4S. The van der Waals surface area contributed by atoms with Gasteiger partial charge in [-0.15, -0.1) is 11.3 Å². The topological polar surface area (TPSA) is 68.7 Å². The number of nitrogens with zero attached hydrogens (tertiary/aromatic N) is 1. The zero-order valence-electron chi connectivity index (χ0n) is 9.84. The fourth-order valence-corrected chi connectivity index (χ4v) is 2.16. The van der Waals surface area contributed by atoms with E-state index in [1.807, 2.05) is 0 Å². The van der Waals surface area contributed by atoms with Crippen molar-refractivity contribution in [1.29, 1.82) is 0 Å². The number of aromatic carboxylic acids is 1. The molecule has 0 aliphatic carbocycles. The number of rotatable bonds is 4. The lowest BCUT2D eigenvalue weighted by Gasteiger charge is -2.08. The van der Waals surface area contributed by atoms with Gasteiger partial charge in [0.15, 0.2) is 0 Å². The highest BCUT2D eigenvalue weighted by atomic mass is 32.1. The first-order chi connectivity index (χ1) is 8.65. The standard InChI is InChI=1S/C12H11NO4S/c1-16-7-3-4-10(17-2)8(5-7)9-6-18-11(13-9)12(14)15/h3-6H,1-2H3,(H,14,15). The lowest BCUT2D eigenvalue weighted by atomic mass is 10.1. The lowest BCUT2D eigenvalue weighted by molar-refractivity contribution is 0.0696. The molecule has 0 fully saturated rings. The third-order valence-electron chi connectivity index (χ3n) is 2.37. The van der Waals surface area contributed by atoms with Gasteiger partial charge in [-0.3, -0.25) is 0 Å². The number of ether oxygens (including phenoxy) is 2. The van der Waals surface area contributed by atoms with E-state index in [0.29, 0.717) is 22.8 Å². The number of carboxylic acids is 1. The monoisotopic (exact) mass is 265 g/mol. The van der Waals surface area contributed by atoms with Gasteiger partial charge in [-0.1, -0.05) is 0 Å². The number of methoxy groups -OCH3 is 2. The first-order valence-electron chi connectivity index (χ1n) is 5.07. The molecule has 1 aromatic carbocycles. The van der Waals surface area contributed by atoms with E-state index >= 15 is 0 Å². The second-order valence-electron chi connectivity index (χ2n) is 3.41. The third kappa shape index (κ3) is 2.28. The van der Waals surface area contributed by atoms with Crippen LogP contribution in [0.25, 0.3) is 11.3 Å². The van der Waals surface area contributed by atoms with Crippen molar-refractivity contribution in [3.63, 3.8) is 0 Å². The molecule has 5 nitrogen and oxygen atoms in total. The number of hydrogen-bond donors (Lipinski definition) is 1. The molecule has 1 aromatic heterocycles. The molecule has 0 atom stereocenters. The van der Waals surface area contributed by atoms with E-state index in [0.717, 1.165) is 11.3 Å². The van der Waals surface area contributed by atoms with Crippen LogP contribution in [0.4, 0.5) is 0 Å². The molecule has 0 saturated heterocycles. The van der Waals surface area contributed by atoms with Gasteiger partial charge in [0.05, 0.1) is 19.9 Å². The molecule has 0 unspecified atom stereocenters. The molecule has 0 bridgehead atoms. The SMILES string of the molecule is COc1ccc(OC)c(-c2csc(C(=O)O)n2)c1. The van der Waals surface area contributed by atoms with Crippen LogP contribution in [0.15, 0.2) is 23.6 Å². The summed E-state index contributed by atoms with van der Waals surface area (Å²) in [5.41, 5.74) is 1.27. The van der Waals surface area contributed by atoms with Crippen molar-refractivity contribution in [2.75, 3.05) is 14.2 Å². The minimum absolute atomic E-state index is 0.0508. The first kappa shape index (κ1) is 12.4. The Morgan fingerprint density at radius 3 is 2.67 bits per heavy atom. The summed E-state index contributed by atoms with van der Waals surface area (Å²) in [6, 6.07) is 5.29. The summed E-state index contributed by atoms with van der Waals surface area (Å²) in [7, 11) is 3.12. The molecule has 2 rings (SSSR count). The molecule has 6 heteroatoms. The van der Waals surface area contributed by atoms with Gasteiger partial charge in [0.25, 0.3) is 0 Å². The number of carbonyl (C=O) groups is 1. The van der Waals surface area contributed by atoms with E-state index in [1.54, 1.807) is 37.8 Å². The van der Waals surface area contributed by atoms with E-state index in [4.69, 9.17) is 14.6 Å². The van der Waals surface area contributed by atoms with Crippen molar-refractivity contribution < 1.29 is 19.4 Å². The number of benzene rings is 1. The highest BCUT2D eigenvalue weighted by Gasteiger charge is 2.14. The van der Waals surface area contributed by atoms with Gasteiger partial charge in [-0.25, -0.2) is 9.78 Å². The summed E-state index contributed by atoms with van der Waals surface area (Å²) >= 11 is 1.08. The highest BCUT2D eigenvalue weighted by Crippen LogP contribution is 2.33.